The summed E-state index contributed by atoms with van der Waals surface area (Å²) in [4.78, 5) is 18.9. The van der Waals surface area contributed by atoms with Crippen LogP contribution in [0.25, 0.3) is 10.8 Å². The smallest absolute Gasteiger partial charge is 0.254 e. The first-order valence-corrected chi connectivity index (χ1v) is 9.55. The highest BCUT2D eigenvalue weighted by atomic mass is 35.5. The number of hydrogen-bond acceptors (Lipinski definition) is 3. The zero-order valence-electron chi connectivity index (χ0n) is 15.3. The zero-order valence-corrected chi connectivity index (χ0v) is 16.0. The third kappa shape index (κ3) is 4.00. The highest BCUT2D eigenvalue weighted by Gasteiger charge is 2.24. The number of rotatable bonds is 3. The number of hydrogen-bond donors (Lipinski definition) is 1. The molecule has 0 spiro atoms. The second-order valence-electron chi connectivity index (χ2n) is 6.98. The number of fused-ring (bicyclic) bond motifs is 1. The Hall–Kier alpha value is -2.80. The second kappa shape index (κ2) is 7.91. The third-order valence-electron chi connectivity index (χ3n) is 5.09. The van der Waals surface area contributed by atoms with Crippen molar-refractivity contribution in [2.45, 2.75) is 18.9 Å². The van der Waals surface area contributed by atoms with E-state index < -0.39 is 28.9 Å². The van der Waals surface area contributed by atoms with E-state index in [1.807, 2.05) is 24.3 Å². The van der Waals surface area contributed by atoms with E-state index in [2.05, 4.69) is 15.2 Å². The van der Waals surface area contributed by atoms with Crippen molar-refractivity contribution in [2.75, 3.05) is 18.0 Å². The Balaban J connectivity index is 1.44. The van der Waals surface area contributed by atoms with E-state index in [4.69, 9.17) is 11.6 Å². The summed E-state index contributed by atoms with van der Waals surface area (Å²) < 4.78 is 40.2. The molecule has 1 aliphatic heterocycles. The van der Waals surface area contributed by atoms with Crippen LogP contribution in [0, 0.1) is 17.5 Å². The van der Waals surface area contributed by atoms with E-state index in [-0.39, 0.29) is 6.04 Å². The number of benzene rings is 2. The topological polar surface area (TPSA) is 45.2 Å². The lowest BCUT2D eigenvalue weighted by molar-refractivity contribution is 0.0926. The van der Waals surface area contributed by atoms with Gasteiger partial charge in [0.1, 0.15) is 11.6 Å². The van der Waals surface area contributed by atoms with Gasteiger partial charge in [-0.2, -0.15) is 0 Å². The average Bonchev–Trinajstić information content (AvgIpc) is 2.70. The number of anilines is 1. The third-order valence-corrected chi connectivity index (χ3v) is 5.32. The number of piperidine rings is 1. The second-order valence-corrected chi connectivity index (χ2v) is 7.42. The zero-order chi connectivity index (χ0) is 20.5. The Kier molecular flexibility index (Phi) is 5.32. The first-order valence-electron chi connectivity index (χ1n) is 9.17. The summed E-state index contributed by atoms with van der Waals surface area (Å²) in [5.74, 6) is -3.57. The molecule has 2 aromatic carbocycles. The van der Waals surface area contributed by atoms with Crippen LogP contribution in [0.4, 0.5) is 19.0 Å². The summed E-state index contributed by atoms with van der Waals surface area (Å²) in [6.45, 7) is 1.28. The van der Waals surface area contributed by atoms with Crippen LogP contribution in [0.3, 0.4) is 0 Å². The first-order chi connectivity index (χ1) is 13.9. The molecule has 150 valence electrons. The molecule has 0 saturated carbocycles. The van der Waals surface area contributed by atoms with Crippen molar-refractivity contribution in [3.63, 3.8) is 0 Å². The molecule has 0 atom stereocenters. The SMILES string of the molecule is O=C(NC1CCN(c2nccc3cc(Cl)ccc23)CC1)c1cc(F)c(F)cc1F. The van der Waals surface area contributed by atoms with E-state index in [1.165, 1.54) is 0 Å². The largest absolute Gasteiger partial charge is 0.356 e. The van der Waals surface area contributed by atoms with Gasteiger partial charge in [-0.3, -0.25) is 4.79 Å². The molecule has 0 unspecified atom stereocenters. The predicted molar refractivity (Wildman–Crippen MR) is 106 cm³/mol. The van der Waals surface area contributed by atoms with Crippen LogP contribution in [-0.2, 0) is 0 Å². The first kappa shape index (κ1) is 19.5. The van der Waals surface area contributed by atoms with Crippen molar-refractivity contribution in [3.8, 4) is 0 Å². The summed E-state index contributed by atoms with van der Waals surface area (Å²) in [5.41, 5.74) is -0.501. The van der Waals surface area contributed by atoms with Gasteiger partial charge in [0.05, 0.1) is 5.56 Å². The number of aromatic nitrogens is 1. The number of carbonyl (C=O) groups excluding carboxylic acids is 1. The van der Waals surface area contributed by atoms with Crippen LogP contribution in [0.15, 0.2) is 42.6 Å². The van der Waals surface area contributed by atoms with E-state index in [9.17, 15) is 18.0 Å². The van der Waals surface area contributed by atoms with Gasteiger partial charge in [-0.05, 0) is 48.6 Å². The number of nitrogens with zero attached hydrogens (tertiary/aromatic N) is 2. The van der Waals surface area contributed by atoms with Gasteiger partial charge in [-0.1, -0.05) is 11.6 Å². The molecule has 1 fully saturated rings. The van der Waals surface area contributed by atoms with Crippen molar-refractivity contribution < 1.29 is 18.0 Å². The molecule has 1 amide bonds. The molecule has 3 aromatic rings. The molecule has 1 aliphatic rings. The summed E-state index contributed by atoms with van der Waals surface area (Å²) in [6.07, 6.45) is 2.96. The number of amides is 1. The van der Waals surface area contributed by atoms with Crippen molar-refractivity contribution in [2.24, 2.45) is 0 Å². The van der Waals surface area contributed by atoms with E-state index >= 15 is 0 Å². The maximum atomic E-state index is 13.8. The van der Waals surface area contributed by atoms with Gasteiger partial charge in [0.2, 0.25) is 0 Å². The van der Waals surface area contributed by atoms with Gasteiger partial charge in [0, 0.05) is 41.8 Å². The van der Waals surface area contributed by atoms with E-state index in [1.54, 1.807) is 6.20 Å². The number of pyridine rings is 1. The van der Waals surface area contributed by atoms with Crippen molar-refractivity contribution in [3.05, 3.63) is 70.6 Å². The van der Waals surface area contributed by atoms with E-state index in [0.29, 0.717) is 43.1 Å². The number of halogens is 4. The number of carbonyl (C=O) groups is 1. The van der Waals surface area contributed by atoms with Gasteiger partial charge in [-0.25, -0.2) is 18.2 Å². The maximum Gasteiger partial charge on any atom is 0.254 e. The van der Waals surface area contributed by atoms with Crippen molar-refractivity contribution in [1.82, 2.24) is 10.3 Å². The fourth-order valence-corrected chi connectivity index (χ4v) is 3.76. The lowest BCUT2D eigenvalue weighted by Gasteiger charge is -2.33. The van der Waals surface area contributed by atoms with E-state index in [0.717, 1.165) is 16.6 Å². The Morgan fingerprint density at radius 2 is 1.76 bits per heavy atom. The van der Waals surface area contributed by atoms with Crippen molar-refractivity contribution >= 4 is 34.1 Å². The fraction of sp³-hybridized carbons (Fsp3) is 0.238. The normalized spacial score (nSPS) is 15.0. The number of nitrogens with one attached hydrogen (secondary N) is 1. The van der Waals surface area contributed by atoms with Crippen LogP contribution in [0.2, 0.25) is 5.02 Å². The van der Waals surface area contributed by atoms with Crippen LogP contribution in [0.1, 0.15) is 23.2 Å². The van der Waals surface area contributed by atoms with Gasteiger partial charge in [0.25, 0.3) is 5.91 Å². The molecule has 29 heavy (non-hydrogen) atoms. The minimum atomic E-state index is -1.32. The highest BCUT2D eigenvalue weighted by molar-refractivity contribution is 6.31. The van der Waals surface area contributed by atoms with Crippen LogP contribution in [-0.4, -0.2) is 30.0 Å². The van der Waals surface area contributed by atoms with Crippen molar-refractivity contribution in [1.29, 1.82) is 0 Å². The molecule has 2 heterocycles. The fourth-order valence-electron chi connectivity index (χ4n) is 3.58. The maximum absolute atomic E-state index is 13.8. The molecular formula is C21H17ClF3N3O. The Morgan fingerprint density at radius 3 is 2.52 bits per heavy atom. The Bertz CT molecular complexity index is 1080. The molecule has 0 radical (unpaired) electrons. The van der Waals surface area contributed by atoms with Gasteiger partial charge < -0.3 is 10.2 Å². The van der Waals surface area contributed by atoms with Crippen LogP contribution in [0.5, 0.6) is 0 Å². The van der Waals surface area contributed by atoms with Crippen LogP contribution < -0.4 is 10.2 Å². The lowest BCUT2D eigenvalue weighted by Crippen LogP contribution is -2.45. The minimum Gasteiger partial charge on any atom is -0.356 e. The van der Waals surface area contributed by atoms with Gasteiger partial charge >= 0.3 is 0 Å². The van der Waals surface area contributed by atoms with Gasteiger partial charge in [-0.15, -0.1) is 0 Å². The molecular weight excluding hydrogens is 403 g/mol. The van der Waals surface area contributed by atoms with Crippen LogP contribution >= 0.6 is 11.6 Å². The Labute approximate surface area is 170 Å². The summed E-state index contributed by atoms with van der Waals surface area (Å²) in [5, 5.41) is 5.34. The summed E-state index contributed by atoms with van der Waals surface area (Å²) in [6, 6.07) is 8.29. The summed E-state index contributed by atoms with van der Waals surface area (Å²) in [7, 11) is 0. The van der Waals surface area contributed by atoms with Gasteiger partial charge in [0.15, 0.2) is 11.6 Å². The molecule has 8 heteroatoms. The molecule has 1 N–H and O–H groups in total. The molecule has 0 aliphatic carbocycles. The standard InChI is InChI=1S/C21H17ClF3N3O/c22-13-1-2-15-12(9-13)3-6-26-20(15)28-7-4-14(5-8-28)27-21(29)16-10-18(24)19(25)11-17(16)23/h1-3,6,9-11,14H,4-5,7-8H2,(H,27,29). The Morgan fingerprint density at radius 1 is 1.03 bits per heavy atom. The molecule has 4 nitrogen and oxygen atoms in total. The molecule has 1 saturated heterocycles. The average molecular weight is 420 g/mol. The molecule has 4 rings (SSSR count). The molecule has 0 bridgehead atoms. The minimum absolute atomic E-state index is 0.198. The lowest BCUT2D eigenvalue weighted by atomic mass is 10.0. The molecule has 1 aromatic heterocycles. The quantitative estimate of drug-likeness (QED) is 0.626. The highest BCUT2D eigenvalue weighted by Crippen LogP contribution is 2.28. The summed E-state index contributed by atoms with van der Waals surface area (Å²) >= 11 is 6.06. The monoisotopic (exact) mass is 419 g/mol. The predicted octanol–water partition coefficient (Wildman–Crippen LogP) is 4.70.